The second kappa shape index (κ2) is 7.09. The summed E-state index contributed by atoms with van der Waals surface area (Å²) >= 11 is 0. The molecule has 0 saturated carbocycles. The van der Waals surface area contributed by atoms with Crippen LogP contribution in [0.25, 0.3) is 0 Å². The van der Waals surface area contributed by atoms with Gasteiger partial charge in [-0.25, -0.2) is 9.69 Å². The van der Waals surface area contributed by atoms with Crippen LogP contribution >= 0.6 is 0 Å². The van der Waals surface area contributed by atoms with Crippen molar-refractivity contribution in [3.05, 3.63) is 54.1 Å². The van der Waals surface area contributed by atoms with Crippen LogP contribution in [0.4, 0.5) is 16.2 Å². The Morgan fingerprint density at radius 3 is 2.52 bits per heavy atom. The number of rotatable bonds is 2. The van der Waals surface area contributed by atoms with Gasteiger partial charge in [0.2, 0.25) is 5.91 Å². The fraction of sp³-hybridized carbons (Fsp3) is 0.348. The summed E-state index contributed by atoms with van der Waals surface area (Å²) in [6.45, 7) is 2.09. The second-order valence-corrected chi connectivity index (χ2v) is 8.35. The molecule has 2 atom stereocenters. The number of likely N-dealkylation sites (N-methyl/N-ethyl adjacent to an activating group) is 1. The van der Waals surface area contributed by atoms with E-state index in [-0.39, 0.29) is 12.5 Å². The second-order valence-electron chi connectivity index (χ2n) is 8.35. The molecule has 8 heteroatoms. The molecule has 31 heavy (non-hydrogen) atoms. The lowest BCUT2D eigenvalue weighted by Gasteiger charge is -2.55. The van der Waals surface area contributed by atoms with E-state index in [4.69, 9.17) is 4.74 Å². The first-order valence-corrected chi connectivity index (χ1v) is 10.3. The summed E-state index contributed by atoms with van der Waals surface area (Å²) in [6, 6.07) is 13.5. The quantitative estimate of drug-likeness (QED) is 0.744. The first-order chi connectivity index (χ1) is 15.0. The molecule has 4 amide bonds. The third-order valence-corrected chi connectivity index (χ3v) is 6.67. The monoisotopic (exact) mass is 420 g/mol. The summed E-state index contributed by atoms with van der Waals surface area (Å²) in [5.74, 6) is -0.385. The number of nitrogens with one attached hydrogen (secondary N) is 1. The van der Waals surface area contributed by atoms with Crippen molar-refractivity contribution in [3.8, 4) is 5.75 Å². The molecule has 2 aromatic rings. The highest BCUT2D eigenvalue weighted by molar-refractivity contribution is 6.30. The number of carbonyl (C=O) groups is 3. The standard InChI is InChI=1S/C23H24N4O4/c1-25-11-12-26-18-6-4-3-5-15(18)13-23(19(26)14-25)20(28)24-22(30)27(21(23)29)16-7-9-17(31-2)10-8-16/h3-10,19H,11-14H2,1-2H3,(H,24,28,30). The van der Waals surface area contributed by atoms with Crippen molar-refractivity contribution in [1.29, 1.82) is 0 Å². The smallest absolute Gasteiger partial charge is 0.335 e. The van der Waals surface area contributed by atoms with E-state index in [0.717, 1.165) is 22.7 Å². The zero-order valence-electron chi connectivity index (χ0n) is 17.5. The summed E-state index contributed by atoms with van der Waals surface area (Å²) in [7, 11) is 3.54. The summed E-state index contributed by atoms with van der Waals surface area (Å²) in [5, 5.41) is 2.48. The minimum Gasteiger partial charge on any atom is -0.497 e. The molecule has 2 unspecified atom stereocenters. The zero-order valence-corrected chi connectivity index (χ0v) is 17.5. The number of ether oxygens (including phenoxy) is 1. The van der Waals surface area contributed by atoms with Crippen LogP contribution in [-0.2, 0) is 16.0 Å². The third kappa shape index (κ3) is 2.82. The van der Waals surface area contributed by atoms with Crippen molar-refractivity contribution in [3.63, 3.8) is 0 Å². The number of piperazine rings is 1. The van der Waals surface area contributed by atoms with Crippen molar-refractivity contribution in [1.82, 2.24) is 10.2 Å². The van der Waals surface area contributed by atoms with Crippen molar-refractivity contribution in [2.45, 2.75) is 12.5 Å². The number of fused-ring (bicyclic) bond motifs is 4. The molecule has 5 rings (SSSR count). The number of methoxy groups -OCH3 is 1. The molecular formula is C23H24N4O4. The normalized spacial score (nSPS) is 25.9. The van der Waals surface area contributed by atoms with Gasteiger partial charge in [0.05, 0.1) is 18.8 Å². The van der Waals surface area contributed by atoms with E-state index in [9.17, 15) is 14.4 Å². The van der Waals surface area contributed by atoms with E-state index in [0.29, 0.717) is 24.5 Å². The van der Waals surface area contributed by atoms with Crippen molar-refractivity contribution in [2.75, 3.05) is 43.6 Å². The number of imide groups is 2. The predicted octanol–water partition coefficient (Wildman–Crippen LogP) is 1.64. The molecule has 160 valence electrons. The van der Waals surface area contributed by atoms with E-state index >= 15 is 0 Å². The Kier molecular flexibility index (Phi) is 4.48. The Morgan fingerprint density at radius 2 is 1.77 bits per heavy atom. The number of anilines is 2. The number of benzene rings is 2. The summed E-state index contributed by atoms with van der Waals surface area (Å²) in [4.78, 5) is 45.6. The minimum atomic E-state index is -1.39. The van der Waals surface area contributed by atoms with Crippen LogP contribution < -0.4 is 19.9 Å². The molecule has 3 aliphatic rings. The highest BCUT2D eigenvalue weighted by atomic mass is 16.5. The van der Waals surface area contributed by atoms with Gasteiger partial charge in [0, 0.05) is 25.3 Å². The first-order valence-electron chi connectivity index (χ1n) is 10.3. The molecule has 2 fully saturated rings. The fourth-order valence-corrected chi connectivity index (χ4v) is 5.06. The molecule has 8 nitrogen and oxygen atoms in total. The number of hydrogen-bond donors (Lipinski definition) is 1. The Labute approximate surface area is 180 Å². The van der Waals surface area contributed by atoms with E-state index in [1.807, 2.05) is 31.3 Å². The van der Waals surface area contributed by atoms with Crippen LogP contribution in [0.3, 0.4) is 0 Å². The zero-order chi connectivity index (χ0) is 21.8. The van der Waals surface area contributed by atoms with Gasteiger partial charge in [-0.2, -0.15) is 0 Å². The van der Waals surface area contributed by atoms with Gasteiger partial charge in [0.25, 0.3) is 5.91 Å². The largest absolute Gasteiger partial charge is 0.497 e. The summed E-state index contributed by atoms with van der Waals surface area (Å²) < 4.78 is 5.19. The van der Waals surface area contributed by atoms with E-state index < -0.39 is 23.3 Å². The number of amides is 4. The summed E-state index contributed by atoms with van der Waals surface area (Å²) in [6.07, 6.45) is 0.253. The molecule has 0 radical (unpaired) electrons. The molecule has 2 aromatic carbocycles. The highest BCUT2D eigenvalue weighted by Crippen LogP contribution is 2.46. The third-order valence-electron chi connectivity index (χ3n) is 6.67. The first kappa shape index (κ1) is 19.6. The maximum absolute atomic E-state index is 14.0. The average Bonchev–Trinajstić information content (AvgIpc) is 2.78. The lowest BCUT2D eigenvalue weighted by molar-refractivity contribution is -0.145. The van der Waals surface area contributed by atoms with Crippen LogP contribution in [0.15, 0.2) is 48.5 Å². The fourth-order valence-electron chi connectivity index (χ4n) is 5.06. The van der Waals surface area contributed by atoms with Crippen LogP contribution in [0.1, 0.15) is 5.56 Å². The average molecular weight is 420 g/mol. The topological polar surface area (TPSA) is 82.2 Å². The van der Waals surface area contributed by atoms with Crippen LogP contribution in [0.5, 0.6) is 5.75 Å². The van der Waals surface area contributed by atoms with Gasteiger partial charge in [0.1, 0.15) is 5.75 Å². The molecule has 0 aliphatic carbocycles. The van der Waals surface area contributed by atoms with Crippen molar-refractivity contribution < 1.29 is 19.1 Å². The number of carbonyl (C=O) groups excluding carboxylic acids is 3. The Hall–Kier alpha value is -3.39. The Morgan fingerprint density at radius 1 is 1.03 bits per heavy atom. The van der Waals surface area contributed by atoms with Gasteiger partial charge < -0.3 is 14.5 Å². The van der Waals surface area contributed by atoms with Gasteiger partial charge in [-0.3, -0.25) is 14.9 Å². The van der Waals surface area contributed by atoms with Crippen LogP contribution in [-0.4, -0.2) is 62.6 Å². The van der Waals surface area contributed by atoms with Gasteiger partial charge in [-0.15, -0.1) is 0 Å². The number of barbiturate groups is 1. The molecule has 0 aromatic heterocycles. The minimum absolute atomic E-state index is 0.253. The molecule has 2 saturated heterocycles. The number of hydrogen-bond acceptors (Lipinski definition) is 6. The van der Waals surface area contributed by atoms with Gasteiger partial charge in [0.15, 0.2) is 5.41 Å². The van der Waals surface area contributed by atoms with Gasteiger partial charge >= 0.3 is 6.03 Å². The molecular weight excluding hydrogens is 396 g/mol. The van der Waals surface area contributed by atoms with Crippen molar-refractivity contribution in [2.24, 2.45) is 5.41 Å². The maximum atomic E-state index is 14.0. The number of nitrogens with zero attached hydrogens (tertiary/aromatic N) is 3. The Balaban J connectivity index is 1.64. The highest BCUT2D eigenvalue weighted by Gasteiger charge is 2.62. The molecule has 1 N–H and O–H groups in total. The molecule has 3 aliphatic heterocycles. The lowest BCUT2D eigenvalue weighted by Crippen LogP contribution is -2.75. The van der Waals surface area contributed by atoms with E-state index in [1.165, 1.54) is 0 Å². The summed E-state index contributed by atoms with van der Waals surface area (Å²) in [5.41, 5.74) is 1.01. The van der Waals surface area contributed by atoms with Gasteiger partial charge in [-0.1, -0.05) is 18.2 Å². The Bertz CT molecular complexity index is 1070. The lowest BCUT2D eigenvalue weighted by atomic mass is 9.67. The van der Waals surface area contributed by atoms with Crippen molar-refractivity contribution >= 4 is 29.2 Å². The van der Waals surface area contributed by atoms with E-state index in [1.54, 1.807) is 31.4 Å². The maximum Gasteiger partial charge on any atom is 0.335 e. The van der Waals surface area contributed by atoms with E-state index in [2.05, 4.69) is 15.1 Å². The molecule has 0 bridgehead atoms. The van der Waals surface area contributed by atoms with Crippen LogP contribution in [0.2, 0.25) is 0 Å². The van der Waals surface area contributed by atoms with Crippen LogP contribution in [0, 0.1) is 5.41 Å². The predicted molar refractivity (Wildman–Crippen MR) is 115 cm³/mol. The SMILES string of the molecule is COc1ccc(N2C(=O)NC(=O)C3(Cc4ccccc4N4CCN(C)CC43)C2=O)cc1. The number of urea groups is 1. The molecule has 3 heterocycles. The van der Waals surface area contributed by atoms with Gasteiger partial charge in [-0.05, 0) is 49.4 Å². The number of para-hydroxylation sites is 1. The molecule has 1 spiro atoms.